The molecule has 4 aromatic rings. The predicted octanol–water partition coefficient (Wildman–Crippen LogP) is 6.99. The maximum absolute atomic E-state index is 10.2. The fraction of sp³-hybridized carbons (Fsp3) is 0.111. The highest BCUT2D eigenvalue weighted by Gasteiger charge is 2.17. The zero-order chi connectivity index (χ0) is 22.8. The average Bonchev–Trinajstić information content (AvgIpc) is 2.75. The maximum Gasteiger partial charge on any atom is 0.169 e. The van der Waals surface area contributed by atoms with E-state index in [1.807, 2.05) is 69.3 Å². The second-order valence-electron chi connectivity index (χ2n) is 7.79. The molecule has 4 rings (SSSR count). The standard InChI is InChI=1S/C27H25NO4/c1-17-5-4-6-26(27(17)31)32-23-11-7-20(8-12-23)28(24-13-9-21(29)15-18(24)2)25-14-10-22(30)16-19(25)3/h4-16,29-31H,1-3H3. The van der Waals surface area contributed by atoms with Crippen LogP contribution in [0.25, 0.3) is 0 Å². The number of aromatic hydroxyl groups is 3. The van der Waals surface area contributed by atoms with E-state index in [1.54, 1.807) is 30.3 Å². The van der Waals surface area contributed by atoms with Gasteiger partial charge in [0.1, 0.15) is 17.2 Å². The Morgan fingerprint density at radius 2 is 1.19 bits per heavy atom. The van der Waals surface area contributed by atoms with E-state index in [0.717, 1.165) is 33.8 Å². The van der Waals surface area contributed by atoms with Gasteiger partial charge in [-0.25, -0.2) is 0 Å². The number of nitrogens with zero attached hydrogens (tertiary/aromatic N) is 1. The van der Waals surface area contributed by atoms with Crippen molar-refractivity contribution in [3.05, 3.63) is 95.6 Å². The predicted molar refractivity (Wildman–Crippen MR) is 127 cm³/mol. The van der Waals surface area contributed by atoms with Gasteiger partial charge in [-0.1, -0.05) is 12.1 Å². The van der Waals surface area contributed by atoms with Crippen LogP contribution in [0.15, 0.2) is 78.9 Å². The first-order valence-electron chi connectivity index (χ1n) is 10.3. The summed E-state index contributed by atoms with van der Waals surface area (Å²) in [6.07, 6.45) is 0. The Hall–Kier alpha value is -4.12. The van der Waals surface area contributed by atoms with Crippen molar-refractivity contribution in [2.24, 2.45) is 0 Å². The third kappa shape index (κ3) is 4.18. The zero-order valence-electron chi connectivity index (χ0n) is 18.2. The molecule has 0 aliphatic carbocycles. The highest BCUT2D eigenvalue weighted by atomic mass is 16.5. The molecule has 32 heavy (non-hydrogen) atoms. The van der Waals surface area contributed by atoms with Gasteiger partial charge in [0.2, 0.25) is 0 Å². The molecule has 0 aliphatic rings. The Kier molecular flexibility index (Phi) is 5.65. The van der Waals surface area contributed by atoms with Crippen LogP contribution in [0.1, 0.15) is 16.7 Å². The molecule has 0 amide bonds. The van der Waals surface area contributed by atoms with Crippen LogP contribution in [-0.2, 0) is 0 Å². The summed E-state index contributed by atoms with van der Waals surface area (Å²) in [5.74, 6) is 1.53. The fourth-order valence-electron chi connectivity index (χ4n) is 3.69. The summed E-state index contributed by atoms with van der Waals surface area (Å²) in [5, 5.41) is 30.0. The second kappa shape index (κ2) is 8.55. The normalized spacial score (nSPS) is 10.7. The number of para-hydroxylation sites is 1. The van der Waals surface area contributed by atoms with Crippen molar-refractivity contribution in [3.63, 3.8) is 0 Å². The molecule has 3 N–H and O–H groups in total. The summed E-state index contributed by atoms with van der Waals surface area (Å²) in [4.78, 5) is 2.07. The number of anilines is 3. The minimum Gasteiger partial charge on any atom is -0.508 e. The van der Waals surface area contributed by atoms with Crippen molar-refractivity contribution in [2.75, 3.05) is 4.90 Å². The second-order valence-corrected chi connectivity index (χ2v) is 7.79. The molecule has 0 heterocycles. The molecule has 5 nitrogen and oxygen atoms in total. The number of ether oxygens (including phenoxy) is 1. The van der Waals surface area contributed by atoms with E-state index >= 15 is 0 Å². The monoisotopic (exact) mass is 427 g/mol. The fourth-order valence-corrected chi connectivity index (χ4v) is 3.69. The number of hydrogen-bond donors (Lipinski definition) is 3. The lowest BCUT2D eigenvalue weighted by Crippen LogP contribution is -2.12. The van der Waals surface area contributed by atoms with Gasteiger partial charge in [0.05, 0.1) is 0 Å². The summed E-state index contributed by atoms with van der Waals surface area (Å²) in [7, 11) is 0. The summed E-state index contributed by atoms with van der Waals surface area (Å²) < 4.78 is 5.88. The Morgan fingerprint density at radius 3 is 1.72 bits per heavy atom. The Labute approximate surface area is 187 Å². The lowest BCUT2D eigenvalue weighted by molar-refractivity contribution is 0.408. The summed E-state index contributed by atoms with van der Waals surface area (Å²) >= 11 is 0. The number of phenols is 3. The lowest BCUT2D eigenvalue weighted by Gasteiger charge is -2.28. The Bertz CT molecular complexity index is 1210. The first-order valence-corrected chi connectivity index (χ1v) is 10.3. The van der Waals surface area contributed by atoms with Crippen molar-refractivity contribution < 1.29 is 20.1 Å². The van der Waals surface area contributed by atoms with Gasteiger partial charge in [0.25, 0.3) is 0 Å². The van der Waals surface area contributed by atoms with E-state index in [9.17, 15) is 15.3 Å². The van der Waals surface area contributed by atoms with Gasteiger partial charge >= 0.3 is 0 Å². The zero-order valence-corrected chi connectivity index (χ0v) is 18.2. The Balaban J connectivity index is 1.75. The van der Waals surface area contributed by atoms with Crippen LogP contribution in [0.3, 0.4) is 0 Å². The number of benzene rings is 4. The summed E-state index contributed by atoms with van der Waals surface area (Å²) in [6, 6.07) is 23.4. The number of aryl methyl sites for hydroxylation is 3. The third-order valence-electron chi connectivity index (χ3n) is 5.37. The molecule has 0 radical (unpaired) electrons. The minimum atomic E-state index is 0.123. The van der Waals surface area contributed by atoms with Crippen LogP contribution < -0.4 is 9.64 Å². The molecular formula is C27H25NO4. The smallest absolute Gasteiger partial charge is 0.169 e. The van der Waals surface area contributed by atoms with E-state index in [0.29, 0.717) is 11.5 Å². The van der Waals surface area contributed by atoms with Gasteiger partial charge in [-0.3, -0.25) is 0 Å². The number of phenolic OH excluding ortho intramolecular Hbond substituents is 3. The van der Waals surface area contributed by atoms with Crippen LogP contribution in [0.4, 0.5) is 17.1 Å². The highest BCUT2D eigenvalue weighted by molar-refractivity contribution is 5.80. The molecule has 0 unspecified atom stereocenters. The van der Waals surface area contributed by atoms with E-state index in [1.165, 1.54) is 0 Å². The van der Waals surface area contributed by atoms with Crippen molar-refractivity contribution in [1.29, 1.82) is 0 Å². The molecule has 5 heteroatoms. The lowest BCUT2D eigenvalue weighted by atomic mass is 10.1. The molecule has 0 aromatic heterocycles. The molecule has 4 aromatic carbocycles. The molecule has 0 saturated heterocycles. The molecule has 0 aliphatic heterocycles. The quantitative estimate of drug-likeness (QED) is 0.320. The van der Waals surface area contributed by atoms with Crippen molar-refractivity contribution in [1.82, 2.24) is 0 Å². The molecule has 0 bridgehead atoms. The van der Waals surface area contributed by atoms with Crippen LogP contribution >= 0.6 is 0 Å². The summed E-state index contributed by atoms with van der Waals surface area (Å²) in [5.41, 5.74) is 5.25. The van der Waals surface area contributed by atoms with E-state index < -0.39 is 0 Å². The maximum atomic E-state index is 10.2. The van der Waals surface area contributed by atoms with Crippen molar-refractivity contribution in [3.8, 4) is 28.7 Å². The largest absolute Gasteiger partial charge is 0.508 e. The van der Waals surface area contributed by atoms with Gasteiger partial charge < -0.3 is 25.0 Å². The van der Waals surface area contributed by atoms with Crippen molar-refractivity contribution in [2.45, 2.75) is 20.8 Å². The summed E-state index contributed by atoms with van der Waals surface area (Å²) in [6.45, 7) is 5.70. The van der Waals surface area contributed by atoms with Gasteiger partial charge in [0, 0.05) is 17.1 Å². The molecular weight excluding hydrogens is 402 g/mol. The van der Waals surface area contributed by atoms with Gasteiger partial charge in [-0.2, -0.15) is 0 Å². The van der Waals surface area contributed by atoms with Crippen LogP contribution in [0.2, 0.25) is 0 Å². The first-order chi connectivity index (χ1) is 15.3. The van der Waals surface area contributed by atoms with Crippen LogP contribution in [0.5, 0.6) is 28.7 Å². The van der Waals surface area contributed by atoms with E-state index in [4.69, 9.17) is 4.74 Å². The first kappa shape index (κ1) is 21.1. The van der Waals surface area contributed by atoms with Crippen LogP contribution in [-0.4, -0.2) is 15.3 Å². The molecule has 0 fully saturated rings. The molecule has 0 spiro atoms. The van der Waals surface area contributed by atoms with Gasteiger partial charge in [-0.15, -0.1) is 0 Å². The molecule has 0 saturated carbocycles. The molecule has 0 atom stereocenters. The number of rotatable bonds is 5. The van der Waals surface area contributed by atoms with E-state index in [-0.39, 0.29) is 17.2 Å². The topological polar surface area (TPSA) is 73.2 Å². The Morgan fingerprint density at radius 1 is 0.625 bits per heavy atom. The van der Waals surface area contributed by atoms with Gasteiger partial charge in [-0.05, 0) is 104 Å². The molecule has 162 valence electrons. The van der Waals surface area contributed by atoms with Crippen molar-refractivity contribution >= 4 is 17.1 Å². The average molecular weight is 428 g/mol. The number of hydrogen-bond acceptors (Lipinski definition) is 5. The van der Waals surface area contributed by atoms with E-state index in [2.05, 4.69) is 4.90 Å². The van der Waals surface area contributed by atoms with Crippen LogP contribution in [0, 0.1) is 20.8 Å². The third-order valence-corrected chi connectivity index (χ3v) is 5.37. The highest BCUT2D eigenvalue weighted by Crippen LogP contribution is 2.41. The minimum absolute atomic E-state index is 0.123. The SMILES string of the molecule is Cc1cc(O)ccc1N(c1ccc(Oc2cccc(C)c2O)cc1)c1ccc(O)cc1C. The van der Waals surface area contributed by atoms with Gasteiger partial charge in [0.15, 0.2) is 11.5 Å².